The Bertz CT molecular complexity index is 1040. The number of carbonyl (C=O) groups excluding carboxylic acids is 1. The first-order chi connectivity index (χ1) is 13.0. The lowest BCUT2D eigenvalue weighted by Crippen LogP contribution is -2.11. The number of anilines is 1. The smallest absolute Gasteiger partial charge is 0.257 e. The van der Waals surface area contributed by atoms with Crippen LogP contribution in [0.3, 0.4) is 0 Å². The van der Waals surface area contributed by atoms with Gasteiger partial charge in [-0.15, -0.1) is 11.3 Å². The van der Waals surface area contributed by atoms with Crippen LogP contribution in [0, 0.1) is 6.92 Å². The third-order valence-electron chi connectivity index (χ3n) is 4.84. The molecule has 1 aliphatic carbocycles. The Morgan fingerprint density at radius 2 is 1.85 bits per heavy atom. The van der Waals surface area contributed by atoms with Gasteiger partial charge in [-0.1, -0.05) is 12.1 Å². The zero-order valence-corrected chi connectivity index (χ0v) is 16.9. The van der Waals surface area contributed by atoms with Crippen LogP contribution in [0.4, 0.5) is 5.13 Å². The predicted octanol–water partition coefficient (Wildman–Crippen LogP) is 4.60. The van der Waals surface area contributed by atoms with E-state index in [1.807, 2.05) is 6.92 Å². The standard InChI is InChI=1S/C21H20N2O2S2/c1-13-19(17-7-6-14-4-3-5-16(14)12-17)22-21(26-13)23-20(24)15-8-10-18(11-9-15)27(2)25/h6-12H,3-5H2,1-2H3,(H,22,23,24)/t27-/m1/s1. The molecule has 0 bridgehead atoms. The van der Waals surface area contributed by atoms with Crippen molar-refractivity contribution in [3.8, 4) is 11.3 Å². The van der Waals surface area contributed by atoms with Crippen LogP contribution < -0.4 is 5.32 Å². The second-order valence-electron chi connectivity index (χ2n) is 6.69. The maximum Gasteiger partial charge on any atom is 0.257 e. The Morgan fingerprint density at radius 1 is 1.11 bits per heavy atom. The average Bonchev–Trinajstić information content (AvgIpc) is 3.27. The molecular weight excluding hydrogens is 376 g/mol. The van der Waals surface area contributed by atoms with Crippen molar-refractivity contribution in [2.75, 3.05) is 11.6 Å². The average molecular weight is 397 g/mol. The zero-order valence-electron chi connectivity index (χ0n) is 15.2. The molecule has 1 aliphatic rings. The van der Waals surface area contributed by atoms with E-state index in [1.165, 1.54) is 28.9 Å². The number of hydrogen-bond acceptors (Lipinski definition) is 4. The van der Waals surface area contributed by atoms with Gasteiger partial charge in [-0.25, -0.2) is 4.98 Å². The monoisotopic (exact) mass is 396 g/mol. The highest BCUT2D eigenvalue weighted by molar-refractivity contribution is 7.84. The molecule has 0 radical (unpaired) electrons. The third kappa shape index (κ3) is 3.73. The second-order valence-corrected chi connectivity index (χ2v) is 9.28. The summed E-state index contributed by atoms with van der Waals surface area (Å²) in [7, 11) is -1.05. The number of rotatable bonds is 4. The number of nitrogens with one attached hydrogen (secondary N) is 1. The summed E-state index contributed by atoms with van der Waals surface area (Å²) in [6, 6.07) is 13.4. The molecular formula is C21H20N2O2S2. The molecule has 3 aromatic rings. The predicted molar refractivity (Wildman–Crippen MR) is 111 cm³/mol. The summed E-state index contributed by atoms with van der Waals surface area (Å²) in [5, 5.41) is 3.48. The van der Waals surface area contributed by atoms with Crippen LogP contribution >= 0.6 is 11.3 Å². The molecule has 0 saturated carbocycles. The number of nitrogens with zero attached hydrogens (tertiary/aromatic N) is 1. The van der Waals surface area contributed by atoms with Crippen LogP contribution in [0.15, 0.2) is 47.4 Å². The van der Waals surface area contributed by atoms with Gasteiger partial charge in [-0.05, 0) is 67.6 Å². The fourth-order valence-corrected chi connectivity index (χ4v) is 4.75. The third-order valence-corrected chi connectivity index (χ3v) is 6.66. The maximum absolute atomic E-state index is 12.5. The molecule has 0 spiro atoms. The largest absolute Gasteiger partial charge is 0.298 e. The minimum atomic E-state index is -1.05. The van der Waals surface area contributed by atoms with Crippen LogP contribution in [-0.2, 0) is 23.6 Å². The van der Waals surface area contributed by atoms with E-state index < -0.39 is 10.8 Å². The minimum absolute atomic E-state index is 0.210. The van der Waals surface area contributed by atoms with Gasteiger partial charge >= 0.3 is 0 Å². The zero-order chi connectivity index (χ0) is 19.0. The summed E-state index contributed by atoms with van der Waals surface area (Å²) < 4.78 is 11.5. The van der Waals surface area contributed by atoms with Crippen molar-refractivity contribution in [2.24, 2.45) is 0 Å². The van der Waals surface area contributed by atoms with E-state index >= 15 is 0 Å². The van der Waals surface area contributed by atoms with E-state index in [-0.39, 0.29) is 5.91 Å². The molecule has 0 fully saturated rings. The van der Waals surface area contributed by atoms with Gasteiger partial charge in [0.1, 0.15) is 0 Å². The lowest BCUT2D eigenvalue weighted by atomic mass is 10.0. The highest BCUT2D eigenvalue weighted by Crippen LogP contribution is 2.33. The van der Waals surface area contributed by atoms with Gasteiger partial charge in [0.15, 0.2) is 5.13 Å². The number of aromatic nitrogens is 1. The second kappa shape index (κ2) is 7.37. The van der Waals surface area contributed by atoms with E-state index in [1.54, 1.807) is 30.5 Å². The molecule has 1 amide bonds. The van der Waals surface area contributed by atoms with Crippen molar-refractivity contribution in [1.82, 2.24) is 4.98 Å². The van der Waals surface area contributed by atoms with E-state index in [0.29, 0.717) is 15.6 Å². The van der Waals surface area contributed by atoms with Gasteiger partial charge in [-0.3, -0.25) is 14.3 Å². The van der Waals surface area contributed by atoms with Gasteiger partial charge in [0, 0.05) is 38.0 Å². The van der Waals surface area contributed by atoms with Crippen molar-refractivity contribution in [3.63, 3.8) is 0 Å². The summed E-state index contributed by atoms with van der Waals surface area (Å²) in [5.41, 5.74) is 5.42. The van der Waals surface area contributed by atoms with Crippen LogP contribution in [0.25, 0.3) is 11.3 Å². The molecule has 1 atom stereocenters. The van der Waals surface area contributed by atoms with Crippen molar-refractivity contribution >= 4 is 33.2 Å². The van der Waals surface area contributed by atoms with Gasteiger partial charge < -0.3 is 0 Å². The summed E-state index contributed by atoms with van der Waals surface area (Å²) in [4.78, 5) is 18.9. The van der Waals surface area contributed by atoms with Crippen LogP contribution in [0.2, 0.25) is 0 Å². The summed E-state index contributed by atoms with van der Waals surface area (Å²) in [5.74, 6) is -0.210. The SMILES string of the molecule is Cc1sc(NC(=O)c2ccc([S@@](C)=O)cc2)nc1-c1ccc2c(c1)CCC2. The first kappa shape index (κ1) is 18.1. The molecule has 1 N–H and O–H groups in total. The number of amides is 1. The molecule has 4 rings (SSSR count). The Hall–Kier alpha value is -2.31. The fourth-order valence-electron chi connectivity index (χ4n) is 3.40. The molecule has 27 heavy (non-hydrogen) atoms. The molecule has 0 saturated heterocycles. The van der Waals surface area contributed by atoms with Crippen molar-refractivity contribution in [3.05, 3.63) is 64.0 Å². The Balaban J connectivity index is 1.54. The van der Waals surface area contributed by atoms with Crippen molar-refractivity contribution in [1.29, 1.82) is 0 Å². The Labute approximate surface area is 165 Å². The van der Waals surface area contributed by atoms with Crippen LogP contribution in [0.1, 0.15) is 32.8 Å². The molecule has 138 valence electrons. The molecule has 6 heteroatoms. The lowest BCUT2D eigenvalue weighted by molar-refractivity contribution is 0.102. The van der Waals surface area contributed by atoms with Gasteiger partial charge in [-0.2, -0.15) is 0 Å². The quantitative estimate of drug-likeness (QED) is 0.701. The number of carbonyl (C=O) groups is 1. The Kier molecular flexibility index (Phi) is 4.93. The van der Waals surface area contributed by atoms with Crippen LogP contribution in [0.5, 0.6) is 0 Å². The number of aryl methyl sites for hydroxylation is 3. The number of thiazole rings is 1. The fraction of sp³-hybridized carbons (Fsp3) is 0.238. The highest BCUT2D eigenvalue weighted by Gasteiger charge is 2.16. The molecule has 2 aromatic carbocycles. The van der Waals surface area contributed by atoms with Gasteiger partial charge in [0.05, 0.1) is 5.69 Å². The van der Waals surface area contributed by atoms with E-state index in [0.717, 1.165) is 29.0 Å². The number of hydrogen-bond donors (Lipinski definition) is 1. The first-order valence-corrected chi connectivity index (χ1v) is 11.2. The topological polar surface area (TPSA) is 59.1 Å². The van der Waals surface area contributed by atoms with E-state index in [2.05, 4.69) is 28.5 Å². The lowest BCUT2D eigenvalue weighted by Gasteiger charge is -2.04. The molecule has 0 unspecified atom stereocenters. The molecule has 1 heterocycles. The maximum atomic E-state index is 12.5. The molecule has 4 nitrogen and oxygen atoms in total. The molecule has 1 aromatic heterocycles. The highest BCUT2D eigenvalue weighted by atomic mass is 32.2. The van der Waals surface area contributed by atoms with Crippen molar-refractivity contribution in [2.45, 2.75) is 31.1 Å². The van der Waals surface area contributed by atoms with Gasteiger partial charge in [0.25, 0.3) is 5.91 Å². The minimum Gasteiger partial charge on any atom is -0.298 e. The number of benzene rings is 2. The van der Waals surface area contributed by atoms with Gasteiger partial charge in [0.2, 0.25) is 0 Å². The van der Waals surface area contributed by atoms with Crippen LogP contribution in [-0.4, -0.2) is 21.4 Å². The van der Waals surface area contributed by atoms with E-state index in [9.17, 15) is 9.00 Å². The summed E-state index contributed by atoms with van der Waals surface area (Å²) in [6.07, 6.45) is 5.14. The number of fused-ring (bicyclic) bond motifs is 1. The van der Waals surface area contributed by atoms with Crippen molar-refractivity contribution < 1.29 is 9.00 Å². The Morgan fingerprint density at radius 3 is 2.59 bits per heavy atom. The van der Waals surface area contributed by atoms with E-state index in [4.69, 9.17) is 0 Å². The summed E-state index contributed by atoms with van der Waals surface area (Å²) in [6.45, 7) is 2.03. The normalized spacial score (nSPS) is 14.0. The summed E-state index contributed by atoms with van der Waals surface area (Å²) >= 11 is 1.48. The molecule has 0 aliphatic heterocycles. The first-order valence-electron chi connectivity index (χ1n) is 8.86.